The molecule has 0 aliphatic rings. The van der Waals surface area contributed by atoms with Crippen LogP contribution in [0, 0.1) is 18.4 Å². The van der Waals surface area contributed by atoms with E-state index in [2.05, 4.69) is 46.1 Å². The summed E-state index contributed by atoms with van der Waals surface area (Å²) >= 11 is 0. The second kappa shape index (κ2) is 8.28. The molecule has 0 aromatic heterocycles. The molecular formula is C13H28N. The van der Waals surface area contributed by atoms with Gasteiger partial charge >= 0.3 is 0 Å². The summed E-state index contributed by atoms with van der Waals surface area (Å²) in [4.78, 5) is 2.50. The summed E-state index contributed by atoms with van der Waals surface area (Å²) < 4.78 is 0. The molecule has 0 N–H and O–H groups in total. The highest BCUT2D eigenvalue weighted by Gasteiger charge is 2.06. The van der Waals surface area contributed by atoms with Crippen molar-refractivity contribution in [3.8, 4) is 0 Å². The average Bonchev–Trinajstić information content (AvgIpc) is 2.09. The van der Waals surface area contributed by atoms with Gasteiger partial charge in [0.15, 0.2) is 0 Å². The van der Waals surface area contributed by atoms with Gasteiger partial charge in [0, 0.05) is 6.54 Å². The second-order valence-corrected chi connectivity index (χ2v) is 4.99. The van der Waals surface area contributed by atoms with Crippen LogP contribution < -0.4 is 0 Å². The largest absolute Gasteiger partial charge is 0.299 e. The molecule has 0 aliphatic carbocycles. The van der Waals surface area contributed by atoms with E-state index in [1.54, 1.807) is 0 Å². The Hall–Kier alpha value is -0.0400. The first kappa shape index (κ1) is 14.0. The quantitative estimate of drug-likeness (QED) is 0.571. The molecule has 0 atom stereocenters. The van der Waals surface area contributed by atoms with E-state index in [0.717, 1.165) is 18.3 Å². The van der Waals surface area contributed by atoms with Gasteiger partial charge in [-0.15, -0.1) is 0 Å². The van der Waals surface area contributed by atoms with E-state index in [1.807, 2.05) is 0 Å². The molecule has 14 heavy (non-hydrogen) atoms. The molecule has 0 heterocycles. The minimum Gasteiger partial charge on any atom is -0.299 e. The molecule has 1 radical (unpaired) electrons. The number of hydrogen-bond acceptors (Lipinski definition) is 1. The fourth-order valence-corrected chi connectivity index (χ4v) is 1.40. The molecule has 1 heteroatoms. The van der Waals surface area contributed by atoms with Crippen LogP contribution in [0.15, 0.2) is 0 Å². The Morgan fingerprint density at radius 1 is 0.929 bits per heavy atom. The van der Waals surface area contributed by atoms with E-state index in [9.17, 15) is 0 Å². The Kier molecular flexibility index (Phi) is 8.26. The summed E-state index contributed by atoms with van der Waals surface area (Å²) in [7, 11) is 0. The van der Waals surface area contributed by atoms with Crippen LogP contribution in [0.4, 0.5) is 0 Å². The Labute approximate surface area is 90.9 Å². The van der Waals surface area contributed by atoms with Crippen LogP contribution in [0.2, 0.25) is 0 Å². The minimum absolute atomic E-state index is 0.821. The van der Waals surface area contributed by atoms with Gasteiger partial charge in [0.2, 0.25) is 0 Å². The number of nitrogens with zero attached hydrogens (tertiary/aromatic N) is 1. The van der Waals surface area contributed by atoms with Crippen molar-refractivity contribution in [2.24, 2.45) is 11.8 Å². The first-order valence-electron chi connectivity index (χ1n) is 6.13. The van der Waals surface area contributed by atoms with Gasteiger partial charge in [0.05, 0.1) is 0 Å². The number of hydrogen-bond donors (Lipinski definition) is 0. The summed E-state index contributed by atoms with van der Waals surface area (Å²) in [5.41, 5.74) is 0. The van der Waals surface area contributed by atoms with Crippen molar-refractivity contribution in [2.45, 2.75) is 53.9 Å². The van der Waals surface area contributed by atoms with Crippen LogP contribution in [-0.2, 0) is 0 Å². The van der Waals surface area contributed by atoms with Gasteiger partial charge in [0.1, 0.15) is 0 Å². The van der Waals surface area contributed by atoms with E-state index in [1.165, 1.54) is 25.9 Å². The van der Waals surface area contributed by atoms with Crippen molar-refractivity contribution < 1.29 is 0 Å². The van der Waals surface area contributed by atoms with Crippen molar-refractivity contribution >= 4 is 0 Å². The maximum atomic E-state index is 2.50. The Balaban J connectivity index is 3.65. The smallest absolute Gasteiger partial charge is 0.0248 e. The predicted octanol–water partition coefficient (Wildman–Crippen LogP) is 3.95. The van der Waals surface area contributed by atoms with Crippen molar-refractivity contribution in [3.05, 3.63) is 6.54 Å². The molecule has 85 valence electrons. The Bertz CT molecular complexity index is 106. The van der Waals surface area contributed by atoms with Gasteiger partial charge in [-0.05, 0) is 44.2 Å². The first-order valence-corrected chi connectivity index (χ1v) is 6.13. The standard InChI is InChI=1S/C13H28N/c1-6-9-14(10-7-12(2)3)11-8-13(4)5/h9,12-13H,6-8,10-11H2,1-5H3. The van der Waals surface area contributed by atoms with Crippen LogP contribution in [0.5, 0.6) is 0 Å². The monoisotopic (exact) mass is 198 g/mol. The molecule has 0 saturated heterocycles. The summed E-state index contributed by atoms with van der Waals surface area (Å²) in [6.07, 6.45) is 3.79. The zero-order valence-electron chi connectivity index (χ0n) is 10.7. The molecule has 0 bridgehead atoms. The second-order valence-electron chi connectivity index (χ2n) is 4.99. The summed E-state index contributed by atoms with van der Waals surface area (Å²) in [6, 6.07) is 0. The average molecular weight is 198 g/mol. The third-order valence-corrected chi connectivity index (χ3v) is 2.43. The lowest BCUT2D eigenvalue weighted by molar-refractivity contribution is 0.286. The molecule has 0 rings (SSSR count). The molecule has 0 spiro atoms. The van der Waals surface area contributed by atoms with Gasteiger partial charge in [-0.25, -0.2) is 0 Å². The van der Waals surface area contributed by atoms with Gasteiger partial charge in [-0.1, -0.05) is 34.6 Å². The molecule has 0 aromatic carbocycles. The highest BCUT2D eigenvalue weighted by Crippen LogP contribution is 2.08. The normalized spacial score (nSPS) is 12.0. The van der Waals surface area contributed by atoms with E-state index < -0.39 is 0 Å². The molecule has 0 unspecified atom stereocenters. The third-order valence-electron chi connectivity index (χ3n) is 2.43. The van der Waals surface area contributed by atoms with Gasteiger partial charge < -0.3 is 0 Å². The first-order chi connectivity index (χ1) is 6.56. The van der Waals surface area contributed by atoms with E-state index in [-0.39, 0.29) is 0 Å². The SMILES string of the molecule is CC[CH]N(CCC(C)C)CCC(C)C. The van der Waals surface area contributed by atoms with Crippen molar-refractivity contribution in [1.82, 2.24) is 4.90 Å². The van der Waals surface area contributed by atoms with Crippen molar-refractivity contribution in [2.75, 3.05) is 13.1 Å². The molecule has 0 saturated carbocycles. The topological polar surface area (TPSA) is 3.24 Å². The lowest BCUT2D eigenvalue weighted by Gasteiger charge is -2.22. The van der Waals surface area contributed by atoms with E-state index in [4.69, 9.17) is 0 Å². The van der Waals surface area contributed by atoms with Crippen LogP contribution in [0.25, 0.3) is 0 Å². The third kappa shape index (κ3) is 8.55. The molecule has 0 fully saturated rings. The molecule has 1 nitrogen and oxygen atoms in total. The van der Waals surface area contributed by atoms with Gasteiger partial charge in [-0.2, -0.15) is 0 Å². The number of rotatable bonds is 8. The lowest BCUT2D eigenvalue weighted by Crippen LogP contribution is -2.25. The molecular weight excluding hydrogens is 170 g/mol. The summed E-state index contributed by atoms with van der Waals surface area (Å²) in [5.74, 6) is 1.64. The highest BCUT2D eigenvalue weighted by atomic mass is 15.1. The fraction of sp³-hybridized carbons (Fsp3) is 0.923. The molecule has 0 aromatic rings. The van der Waals surface area contributed by atoms with E-state index in [0.29, 0.717) is 0 Å². The summed E-state index contributed by atoms with van der Waals surface area (Å²) in [6.45, 7) is 16.2. The highest BCUT2D eigenvalue weighted by molar-refractivity contribution is 4.68. The van der Waals surface area contributed by atoms with Crippen molar-refractivity contribution in [3.63, 3.8) is 0 Å². The van der Waals surface area contributed by atoms with Crippen LogP contribution >= 0.6 is 0 Å². The zero-order chi connectivity index (χ0) is 11.0. The van der Waals surface area contributed by atoms with E-state index >= 15 is 0 Å². The Morgan fingerprint density at radius 2 is 1.36 bits per heavy atom. The maximum absolute atomic E-state index is 2.50. The maximum Gasteiger partial charge on any atom is 0.0248 e. The summed E-state index contributed by atoms with van der Waals surface area (Å²) in [5, 5.41) is 0. The van der Waals surface area contributed by atoms with Crippen LogP contribution in [0.3, 0.4) is 0 Å². The van der Waals surface area contributed by atoms with Gasteiger partial charge in [-0.3, -0.25) is 4.90 Å². The minimum atomic E-state index is 0.821. The lowest BCUT2D eigenvalue weighted by atomic mass is 10.1. The van der Waals surface area contributed by atoms with Crippen molar-refractivity contribution in [1.29, 1.82) is 0 Å². The predicted molar refractivity (Wildman–Crippen MR) is 65.1 cm³/mol. The fourth-order valence-electron chi connectivity index (χ4n) is 1.40. The Morgan fingerprint density at radius 3 is 1.64 bits per heavy atom. The van der Waals surface area contributed by atoms with Crippen LogP contribution in [-0.4, -0.2) is 18.0 Å². The van der Waals surface area contributed by atoms with Gasteiger partial charge in [0.25, 0.3) is 0 Å². The zero-order valence-corrected chi connectivity index (χ0v) is 10.7. The van der Waals surface area contributed by atoms with Crippen LogP contribution in [0.1, 0.15) is 53.9 Å². The molecule has 0 aliphatic heterocycles. The molecule has 0 amide bonds.